The Balaban J connectivity index is 1.58. The number of imidazole rings is 1. The maximum atomic E-state index is 12.6. The lowest BCUT2D eigenvalue weighted by Crippen LogP contribution is -2.26. The largest absolute Gasteiger partial charge is 0.310 e. The van der Waals surface area contributed by atoms with Crippen LogP contribution in [0.2, 0.25) is 0 Å². The molecule has 4 rings (SSSR count). The summed E-state index contributed by atoms with van der Waals surface area (Å²) in [5.74, 6) is 0.659. The maximum Gasteiger partial charge on any atom is 0.240 e. The minimum atomic E-state index is -0.0856. The van der Waals surface area contributed by atoms with E-state index in [0.717, 1.165) is 24.0 Å². The van der Waals surface area contributed by atoms with E-state index in [0.29, 0.717) is 5.95 Å². The first-order chi connectivity index (χ1) is 11.3. The van der Waals surface area contributed by atoms with E-state index in [1.54, 1.807) is 11.8 Å². The molecule has 1 unspecified atom stereocenters. The van der Waals surface area contributed by atoms with Gasteiger partial charge in [-0.05, 0) is 37.1 Å². The minimum absolute atomic E-state index is 0.0243. The molecule has 23 heavy (non-hydrogen) atoms. The normalized spacial score (nSPS) is 16.5. The van der Waals surface area contributed by atoms with E-state index < -0.39 is 0 Å². The predicted octanol–water partition coefficient (Wildman–Crippen LogP) is 3.71. The van der Waals surface area contributed by atoms with Crippen LogP contribution in [0.25, 0.3) is 11.0 Å². The van der Waals surface area contributed by atoms with E-state index in [1.807, 2.05) is 41.0 Å². The highest BCUT2D eigenvalue weighted by Crippen LogP contribution is 2.37. The van der Waals surface area contributed by atoms with Crippen molar-refractivity contribution in [2.75, 3.05) is 5.32 Å². The van der Waals surface area contributed by atoms with Crippen LogP contribution in [0.4, 0.5) is 5.95 Å². The molecule has 0 bridgehead atoms. The highest BCUT2D eigenvalue weighted by molar-refractivity contribution is 8.01. The van der Waals surface area contributed by atoms with Gasteiger partial charge in [-0.2, -0.15) is 0 Å². The fraction of sp³-hybridized carbons (Fsp3) is 0.222. The van der Waals surface area contributed by atoms with Gasteiger partial charge in [0.25, 0.3) is 0 Å². The third-order valence-corrected chi connectivity index (χ3v) is 5.46. The van der Waals surface area contributed by atoms with Crippen LogP contribution < -0.4 is 5.32 Å². The molecule has 0 saturated carbocycles. The Hall–Kier alpha value is -2.27. The quantitative estimate of drug-likeness (QED) is 0.799. The number of thioether (sulfide) groups is 1. The lowest BCUT2D eigenvalue weighted by molar-refractivity contribution is -0.115. The van der Waals surface area contributed by atoms with Crippen molar-refractivity contribution in [1.29, 1.82) is 0 Å². The van der Waals surface area contributed by atoms with Gasteiger partial charge in [0.15, 0.2) is 0 Å². The molecule has 0 spiro atoms. The van der Waals surface area contributed by atoms with Crippen molar-refractivity contribution in [3.8, 4) is 0 Å². The molecule has 2 heterocycles. The van der Waals surface area contributed by atoms with Gasteiger partial charge >= 0.3 is 0 Å². The molecule has 1 atom stereocenters. The average molecular weight is 323 g/mol. The third-order valence-electron chi connectivity index (χ3n) is 4.15. The average Bonchev–Trinajstić information content (AvgIpc) is 3.15. The molecule has 4 nitrogen and oxygen atoms in total. The van der Waals surface area contributed by atoms with Gasteiger partial charge in [-0.25, -0.2) is 4.98 Å². The number of hydrogen-bond donors (Lipinski definition) is 1. The van der Waals surface area contributed by atoms with Gasteiger partial charge < -0.3 is 4.57 Å². The molecule has 0 radical (unpaired) electrons. The SMILES string of the molecule is CCn1c(NC(=O)C2Cc3ccccc3S2)nc2ccccc21. The fourth-order valence-electron chi connectivity index (χ4n) is 3.01. The number of nitrogens with one attached hydrogen (secondary N) is 1. The van der Waals surface area contributed by atoms with Crippen molar-refractivity contribution < 1.29 is 4.79 Å². The minimum Gasteiger partial charge on any atom is -0.310 e. The first-order valence-corrected chi connectivity index (χ1v) is 8.65. The molecule has 1 N–H and O–H groups in total. The van der Waals surface area contributed by atoms with E-state index in [4.69, 9.17) is 0 Å². The van der Waals surface area contributed by atoms with Gasteiger partial charge in [-0.3, -0.25) is 10.1 Å². The van der Waals surface area contributed by atoms with E-state index in [9.17, 15) is 4.79 Å². The number of benzene rings is 2. The lowest BCUT2D eigenvalue weighted by Gasteiger charge is -2.11. The second-order valence-corrected chi connectivity index (χ2v) is 6.82. The van der Waals surface area contributed by atoms with Crippen LogP contribution in [-0.2, 0) is 17.8 Å². The number of anilines is 1. The monoisotopic (exact) mass is 323 g/mol. The van der Waals surface area contributed by atoms with Crippen molar-refractivity contribution in [1.82, 2.24) is 9.55 Å². The summed E-state index contributed by atoms with van der Waals surface area (Å²) in [6.45, 7) is 2.83. The number of aryl methyl sites for hydroxylation is 1. The summed E-state index contributed by atoms with van der Waals surface area (Å²) in [5, 5.41) is 2.93. The Bertz CT molecular complexity index is 862. The first kappa shape index (κ1) is 14.3. The van der Waals surface area contributed by atoms with Gasteiger partial charge in [-0.1, -0.05) is 30.3 Å². The number of nitrogens with zero attached hydrogens (tertiary/aromatic N) is 2. The molecule has 1 aromatic heterocycles. The molecule has 0 fully saturated rings. The Morgan fingerprint density at radius 1 is 1.26 bits per heavy atom. The number of carbonyl (C=O) groups excluding carboxylic acids is 1. The first-order valence-electron chi connectivity index (χ1n) is 7.77. The van der Waals surface area contributed by atoms with Crippen LogP contribution in [-0.4, -0.2) is 20.7 Å². The molecule has 5 heteroatoms. The van der Waals surface area contributed by atoms with Crippen molar-refractivity contribution in [2.24, 2.45) is 0 Å². The molecule has 0 aliphatic carbocycles. The summed E-state index contributed by atoms with van der Waals surface area (Å²) in [6, 6.07) is 16.2. The molecule has 116 valence electrons. The zero-order valence-corrected chi connectivity index (χ0v) is 13.6. The molecule has 1 amide bonds. The molecule has 1 aliphatic rings. The summed E-state index contributed by atoms with van der Waals surface area (Å²) in [7, 11) is 0. The Labute approximate surface area is 138 Å². The number of para-hydroxylation sites is 2. The van der Waals surface area contributed by atoms with Crippen LogP contribution in [0.1, 0.15) is 12.5 Å². The van der Waals surface area contributed by atoms with Crippen LogP contribution in [0, 0.1) is 0 Å². The van der Waals surface area contributed by atoms with E-state index in [2.05, 4.69) is 29.4 Å². The van der Waals surface area contributed by atoms with Crippen LogP contribution in [0.15, 0.2) is 53.4 Å². The smallest absolute Gasteiger partial charge is 0.240 e. The summed E-state index contributed by atoms with van der Waals surface area (Å²) < 4.78 is 2.04. The second-order valence-electron chi connectivity index (χ2n) is 5.58. The predicted molar refractivity (Wildman–Crippen MR) is 93.8 cm³/mol. The number of hydrogen-bond acceptors (Lipinski definition) is 3. The fourth-order valence-corrected chi connectivity index (χ4v) is 4.21. The molecular formula is C18H17N3OS. The van der Waals surface area contributed by atoms with Gasteiger partial charge in [0.1, 0.15) is 0 Å². The van der Waals surface area contributed by atoms with Crippen molar-refractivity contribution in [3.05, 3.63) is 54.1 Å². The van der Waals surface area contributed by atoms with E-state index in [-0.39, 0.29) is 11.2 Å². The van der Waals surface area contributed by atoms with E-state index >= 15 is 0 Å². The molecular weight excluding hydrogens is 306 g/mol. The lowest BCUT2D eigenvalue weighted by atomic mass is 10.1. The molecule has 3 aromatic rings. The van der Waals surface area contributed by atoms with Gasteiger partial charge in [0, 0.05) is 11.4 Å². The van der Waals surface area contributed by atoms with Crippen molar-refractivity contribution in [2.45, 2.75) is 30.0 Å². The summed E-state index contributed by atoms with van der Waals surface area (Å²) in [5.41, 5.74) is 3.21. The Kier molecular flexibility index (Phi) is 3.58. The highest BCUT2D eigenvalue weighted by Gasteiger charge is 2.28. The number of rotatable bonds is 3. The van der Waals surface area contributed by atoms with Crippen molar-refractivity contribution in [3.63, 3.8) is 0 Å². The zero-order chi connectivity index (χ0) is 15.8. The van der Waals surface area contributed by atoms with Gasteiger partial charge in [0.2, 0.25) is 11.9 Å². The van der Waals surface area contributed by atoms with Crippen LogP contribution in [0.5, 0.6) is 0 Å². The Morgan fingerprint density at radius 2 is 2.04 bits per heavy atom. The van der Waals surface area contributed by atoms with Crippen LogP contribution in [0.3, 0.4) is 0 Å². The summed E-state index contributed by atoms with van der Waals surface area (Å²) >= 11 is 1.63. The number of amides is 1. The topological polar surface area (TPSA) is 46.9 Å². The maximum absolute atomic E-state index is 12.6. The second kappa shape index (κ2) is 5.74. The number of aromatic nitrogens is 2. The van der Waals surface area contributed by atoms with Crippen molar-refractivity contribution >= 4 is 34.7 Å². The Morgan fingerprint density at radius 3 is 2.87 bits per heavy atom. The van der Waals surface area contributed by atoms with Gasteiger partial charge in [-0.15, -0.1) is 11.8 Å². The summed E-state index contributed by atoms with van der Waals surface area (Å²) in [6.07, 6.45) is 0.777. The standard InChI is InChI=1S/C18H17N3OS/c1-2-21-14-9-5-4-8-13(14)19-18(21)20-17(22)16-11-12-7-3-6-10-15(12)23-16/h3-10,16H,2,11H2,1H3,(H,19,20,22). The summed E-state index contributed by atoms with van der Waals surface area (Å²) in [4.78, 5) is 18.4. The third kappa shape index (κ3) is 2.51. The number of carbonyl (C=O) groups is 1. The molecule has 2 aromatic carbocycles. The molecule has 1 aliphatic heterocycles. The van der Waals surface area contributed by atoms with E-state index in [1.165, 1.54) is 10.5 Å². The molecule has 0 saturated heterocycles. The van der Waals surface area contributed by atoms with Gasteiger partial charge in [0.05, 0.1) is 16.3 Å². The number of fused-ring (bicyclic) bond motifs is 2. The highest BCUT2D eigenvalue weighted by atomic mass is 32.2. The zero-order valence-electron chi connectivity index (χ0n) is 12.8. The van der Waals surface area contributed by atoms with Crippen LogP contribution >= 0.6 is 11.8 Å².